The predicted octanol–water partition coefficient (Wildman–Crippen LogP) is 5.18. The summed E-state index contributed by atoms with van der Waals surface area (Å²) in [5, 5.41) is 3.65. The number of benzene rings is 3. The van der Waals surface area contributed by atoms with Crippen LogP contribution >= 0.6 is 11.6 Å². The van der Waals surface area contributed by atoms with Crippen LogP contribution in [0.3, 0.4) is 0 Å². The smallest absolute Gasteiger partial charge is 0.251 e. The molecule has 3 aromatic rings. The fourth-order valence-corrected chi connectivity index (χ4v) is 3.10. The first-order valence-corrected chi connectivity index (χ1v) is 10.0. The van der Waals surface area contributed by atoms with Gasteiger partial charge in [0.2, 0.25) is 0 Å². The molecule has 3 rings (SSSR count). The molecule has 0 fully saturated rings. The highest BCUT2D eigenvalue weighted by molar-refractivity contribution is 6.31. The minimum Gasteiger partial charge on any atom is -0.489 e. The molecule has 150 valence electrons. The second-order valence-electron chi connectivity index (χ2n) is 6.77. The van der Waals surface area contributed by atoms with Crippen molar-refractivity contribution in [3.63, 3.8) is 0 Å². The highest BCUT2D eigenvalue weighted by atomic mass is 35.5. The molecule has 5 heteroatoms. The third-order valence-corrected chi connectivity index (χ3v) is 4.99. The second-order valence-corrected chi connectivity index (χ2v) is 7.18. The topological polar surface area (TPSA) is 41.6 Å². The molecule has 0 unspecified atom stereocenters. The third-order valence-electron chi connectivity index (χ3n) is 4.62. The molecule has 0 spiro atoms. The van der Waals surface area contributed by atoms with Crippen LogP contribution in [0.25, 0.3) is 0 Å². The number of amides is 1. The maximum Gasteiger partial charge on any atom is 0.251 e. The zero-order valence-electron chi connectivity index (χ0n) is 16.5. The summed E-state index contributed by atoms with van der Waals surface area (Å²) in [6.07, 6.45) is 0.871. The lowest BCUT2D eigenvalue weighted by Gasteiger charge is -2.19. The molecule has 0 atom stereocenters. The number of para-hydroxylation sites is 1. The Balaban J connectivity index is 1.41. The van der Waals surface area contributed by atoms with Crippen LogP contribution < -0.4 is 15.0 Å². The van der Waals surface area contributed by atoms with E-state index in [4.69, 9.17) is 16.3 Å². The molecule has 4 nitrogen and oxygen atoms in total. The fourth-order valence-electron chi connectivity index (χ4n) is 2.91. The van der Waals surface area contributed by atoms with Crippen LogP contribution in [0.5, 0.6) is 5.75 Å². The van der Waals surface area contributed by atoms with Crippen LogP contribution in [0.1, 0.15) is 22.3 Å². The highest BCUT2D eigenvalue weighted by Gasteiger charge is 2.06. The number of nitrogens with one attached hydrogen (secondary N) is 1. The van der Waals surface area contributed by atoms with Crippen LogP contribution in [0, 0.1) is 0 Å². The molecule has 0 aliphatic rings. The van der Waals surface area contributed by atoms with Gasteiger partial charge in [-0.05, 0) is 48.9 Å². The minimum absolute atomic E-state index is 0.0787. The van der Waals surface area contributed by atoms with Gasteiger partial charge in [0, 0.05) is 42.0 Å². The summed E-state index contributed by atoms with van der Waals surface area (Å²) >= 11 is 6.14. The lowest BCUT2D eigenvalue weighted by atomic mass is 10.2. The van der Waals surface area contributed by atoms with E-state index >= 15 is 0 Å². The molecule has 0 aromatic heterocycles. The van der Waals surface area contributed by atoms with Crippen molar-refractivity contribution in [2.75, 3.05) is 25.0 Å². The van der Waals surface area contributed by atoms with Gasteiger partial charge in [0.05, 0.1) is 0 Å². The van der Waals surface area contributed by atoms with E-state index in [9.17, 15) is 4.79 Å². The zero-order chi connectivity index (χ0) is 20.5. The normalized spacial score (nSPS) is 10.4. The molecule has 1 N–H and O–H groups in total. The first-order valence-electron chi connectivity index (χ1n) is 9.64. The van der Waals surface area contributed by atoms with E-state index in [1.54, 1.807) is 24.3 Å². The van der Waals surface area contributed by atoms with Gasteiger partial charge in [0.1, 0.15) is 12.4 Å². The van der Waals surface area contributed by atoms with Gasteiger partial charge in [-0.1, -0.05) is 48.0 Å². The van der Waals surface area contributed by atoms with Crippen LogP contribution in [0.2, 0.25) is 5.02 Å². The second kappa shape index (κ2) is 10.5. The Kier molecular flexibility index (Phi) is 7.54. The number of rotatable bonds is 9. The molecule has 3 aromatic carbocycles. The van der Waals surface area contributed by atoms with Crippen LogP contribution in [0.4, 0.5) is 5.69 Å². The average molecular weight is 409 g/mol. The predicted molar refractivity (Wildman–Crippen MR) is 119 cm³/mol. The standard InChI is InChI=1S/C24H25ClN2O2/c1-27(21-9-3-2-4-10-21)17-7-16-26-24(28)19-12-14-22(15-13-19)29-18-20-8-5-6-11-23(20)25/h2-6,8-15H,7,16-18H2,1H3,(H,26,28). The van der Waals surface area contributed by atoms with Crippen molar-refractivity contribution in [1.82, 2.24) is 5.32 Å². The van der Waals surface area contributed by atoms with Gasteiger partial charge in [-0.25, -0.2) is 0 Å². The van der Waals surface area contributed by atoms with Gasteiger partial charge < -0.3 is 15.0 Å². The van der Waals surface area contributed by atoms with E-state index in [2.05, 4.69) is 29.4 Å². The molecule has 0 aliphatic carbocycles. The maximum absolute atomic E-state index is 12.3. The van der Waals surface area contributed by atoms with Crippen molar-refractivity contribution >= 4 is 23.2 Å². The van der Waals surface area contributed by atoms with Gasteiger partial charge in [-0.2, -0.15) is 0 Å². The first kappa shape index (κ1) is 20.7. The van der Waals surface area contributed by atoms with Gasteiger partial charge in [-0.3, -0.25) is 4.79 Å². The molecule has 0 bridgehead atoms. The summed E-state index contributed by atoms with van der Waals surface area (Å²) in [5.74, 6) is 0.621. The van der Waals surface area contributed by atoms with Crippen LogP contribution in [-0.2, 0) is 6.61 Å². The van der Waals surface area contributed by atoms with Gasteiger partial charge in [0.15, 0.2) is 0 Å². The molecule has 0 radical (unpaired) electrons. The lowest BCUT2D eigenvalue weighted by Crippen LogP contribution is -2.28. The summed E-state index contributed by atoms with van der Waals surface area (Å²) < 4.78 is 5.75. The molecule has 29 heavy (non-hydrogen) atoms. The van der Waals surface area contributed by atoms with E-state index in [0.717, 1.165) is 18.5 Å². The van der Waals surface area contributed by atoms with Gasteiger partial charge >= 0.3 is 0 Å². The number of hydrogen-bond acceptors (Lipinski definition) is 3. The summed E-state index contributed by atoms with van der Waals surface area (Å²) in [7, 11) is 2.05. The third kappa shape index (κ3) is 6.26. The summed E-state index contributed by atoms with van der Waals surface area (Å²) in [5.41, 5.74) is 2.72. The SMILES string of the molecule is CN(CCCNC(=O)c1ccc(OCc2ccccc2Cl)cc1)c1ccccc1. The zero-order valence-corrected chi connectivity index (χ0v) is 17.2. The Morgan fingerprint density at radius 3 is 2.38 bits per heavy atom. The molecular weight excluding hydrogens is 384 g/mol. The number of carbonyl (C=O) groups is 1. The molecule has 0 heterocycles. The number of hydrogen-bond donors (Lipinski definition) is 1. The van der Waals surface area contributed by atoms with Crippen molar-refractivity contribution in [1.29, 1.82) is 0 Å². The quantitative estimate of drug-likeness (QED) is 0.496. The minimum atomic E-state index is -0.0787. The number of halogens is 1. The molecular formula is C24H25ClN2O2. The monoisotopic (exact) mass is 408 g/mol. The fraction of sp³-hybridized carbons (Fsp3) is 0.208. The van der Waals surface area contributed by atoms with E-state index in [1.807, 2.05) is 42.5 Å². The van der Waals surface area contributed by atoms with Crippen molar-refractivity contribution < 1.29 is 9.53 Å². The molecule has 1 amide bonds. The van der Waals surface area contributed by atoms with E-state index in [-0.39, 0.29) is 5.91 Å². The number of anilines is 1. The Bertz CT molecular complexity index is 914. The Labute approximate surface area is 177 Å². The summed E-state index contributed by atoms with van der Waals surface area (Å²) in [6.45, 7) is 1.89. The number of nitrogens with zero attached hydrogens (tertiary/aromatic N) is 1. The van der Waals surface area contributed by atoms with E-state index < -0.39 is 0 Å². The maximum atomic E-state index is 12.3. The van der Waals surface area contributed by atoms with Crippen molar-refractivity contribution in [2.45, 2.75) is 13.0 Å². The highest BCUT2D eigenvalue weighted by Crippen LogP contribution is 2.19. The Morgan fingerprint density at radius 2 is 1.66 bits per heavy atom. The number of ether oxygens (including phenoxy) is 1. The van der Waals surface area contributed by atoms with Crippen molar-refractivity contribution in [2.24, 2.45) is 0 Å². The molecule has 0 aliphatic heterocycles. The van der Waals surface area contributed by atoms with Crippen LogP contribution in [0.15, 0.2) is 78.9 Å². The van der Waals surface area contributed by atoms with E-state index in [0.29, 0.717) is 29.5 Å². The van der Waals surface area contributed by atoms with Crippen LogP contribution in [-0.4, -0.2) is 26.0 Å². The Morgan fingerprint density at radius 1 is 0.966 bits per heavy atom. The number of carbonyl (C=O) groups excluding carboxylic acids is 1. The summed E-state index contributed by atoms with van der Waals surface area (Å²) in [4.78, 5) is 14.5. The summed E-state index contributed by atoms with van der Waals surface area (Å²) in [6, 6.07) is 24.9. The first-order chi connectivity index (χ1) is 14.1. The van der Waals surface area contributed by atoms with Crippen molar-refractivity contribution in [3.8, 4) is 5.75 Å². The largest absolute Gasteiger partial charge is 0.489 e. The van der Waals surface area contributed by atoms with Gasteiger partial charge in [-0.15, -0.1) is 0 Å². The molecule has 0 saturated carbocycles. The molecule has 0 saturated heterocycles. The lowest BCUT2D eigenvalue weighted by molar-refractivity contribution is 0.0953. The van der Waals surface area contributed by atoms with Gasteiger partial charge in [0.25, 0.3) is 5.91 Å². The van der Waals surface area contributed by atoms with Crippen molar-refractivity contribution in [3.05, 3.63) is 95.0 Å². The average Bonchev–Trinajstić information content (AvgIpc) is 2.77. The Hall–Kier alpha value is -2.98. The van der Waals surface area contributed by atoms with E-state index in [1.165, 1.54) is 5.69 Å².